The normalized spacial score (nSPS) is 34.1. The van der Waals surface area contributed by atoms with Crippen molar-refractivity contribution in [1.82, 2.24) is 4.90 Å². The molecule has 6 rings (SSSR count). The summed E-state index contributed by atoms with van der Waals surface area (Å²) in [6, 6.07) is 12.9. The highest BCUT2D eigenvalue weighted by atomic mass is 16.5. The minimum absolute atomic E-state index is 0.160. The molecule has 2 bridgehead atoms. The van der Waals surface area contributed by atoms with E-state index in [0.717, 1.165) is 19.4 Å². The molecule has 0 aromatic heterocycles. The Balaban J connectivity index is 0.000000208. The number of aliphatic hydroxyl groups excluding tert-OH is 1. The van der Waals surface area contributed by atoms with Gasteiger partial charge in [-0.2, -0.15) is 0 Å². The van der Waals surface area contributed by atoms with Gasteiger partial charge in [0.05, 0.1) is 0 Å². The number of hydrogen-bond donors (Lipinski definition) is 3. The number of hydrogen-bond acceptors (Lipinski definition) is 5. The van der Waals surface area contributed by atoms with Crippen molar-refractivity contribution in [3.8, 4) is 17.2 Å². The molecule has 4 aliphatic rings. The Morgan fingerprint density at radius 1 is 1.07 bits per heavy atom. The van der Waals surface area contributed by atoms with Crippen molar-refractivity contribution in [1.29, 1.82) is 0 Å². The lowest BCUT2D eigenvalue weighted by Crippen LogP contribution is -2.64. The van der Waals surface area contributed by atoms with Gasteiger partial charge in [-0.25, -0.2) is 0 Å². The molecule has 2 aromatic rings. The van der Waals surface area contributed by atoms with Gasteiger partial charge in [-0.15, -0.1) is 0 Å². The molecule has 146 valence electrons. The first-order valence-electron chi connectivity index (χ1n) is 9.85. The predicted octanol–water partition coefficient (Wildman–Crippen LogP) is 2.59. The third kappa shape index (κ3) is 2.33. The summed E-state index contributed by atoms with van der Waals surface area (Å²) in [7, 11) is 2.19. The zero-order valence-electron chi connectivity index (χ0n) is 15.8. The second kappa shape index (κ2) is 6.26. The lowest BCUT2D eigenvalue weighted by Gasteiger charge is -2.56. The van der Waals surface area contributed by atoms with Gasteiger partial charge >= 0.3 is 0 Å². The molecule has 1 fully saturated rings. The lowest BCUT2D eigenvalue weighted by molar-refractivity contribution is -0.0453. The standard InChI is InChI=1S/C17H19NO3.C6H6O/c1-18-7-6-17-10-3-5-13(20)16(17)21-15-12(19)4-2-9(14(15)17)8-11(10)18;7-6-4-2-1-3-5-6/h2-5,10-11,13,16,19-20H,6-8H2,1H3;1-5,7H/t10-,11+,13-,16-,17-;/m0./s1. The summed E-state index contributed by atoms with van der Waals surface area (Å²) in [5.74, 6) is 1.51. The van der Waals surface area contributed by atoms with Crippen LogP contribution in [0.5, 0.6) is 17.2 Å². The topological polar surface area (TPSA) is 73.2 Å². The van der Waals surface area contributed by atoms with Gasteiger partial charge in [0.1, 0.15) is 18.0 Å². The Hall–Kier alpha value is -2.50. The maximum absolute atomic E-state index is 10.4. The van der Waals surface area contributed by atoms with E-state index >= 15 is 0 Å². The lowest BCUT2D eigenvalue weighted by atomic mass is 9.53. The molecule has 2 aliphatic heterocycles. The Morgan fingerprint density at radius 3 is 2.57 bits per heavy atom. The highest BCUT2D eigenvalue weighted by molar-refractivity contribution is 5.61. The third-order valence-corrected chi connectivity index (χ3v) is 6.91. The second-order valence-corrected chi connectivity index (χ2v) is 8.27. The van der Waals surface area contributed by atoms with Crippen LogP contribution in [0.1, 0.15) is 17.5 Å². The Kier molecular flexibility index (Phi) is 3.93. The van der Waals surface area contributed by atoms with Crippen LogP contribution < -0.4 is 4.74 Å². The molecular weight excluding hydrogens is 354 g/mol. The van der Waals surface area contributed by atoms with Crippen LogP contribution in [0.15, 0.2) is 54.6 Å². The molecular formula is C23H25NO4. The maximum atomic E-state index is 10.4. The van der Waals surface area contributed by atoms with Gasteiger partial charge in [-0.05, 0) is 50.2 Å². The van der Waals surface area contributed by atoms with E-state index in [1.165, 1.54) is 11.1 Å². The molecule has 5 heteroatoms. The van der Waals surface area contributed by atoms with Crippen molar-refractivity contribution in [3.05, 3.63) is 65.7 Å². The molecule has 1 saturated heterocycles. The number of likely N-dealkylation sites (N-methyl/N-ethyl adjacent to an activating group) is 1. The molecule has 0 saturated carbocycles. The van der Waals surface area contributed by atoms with Crippen molar-refractivity contribution in [2.45, 2.75) is 36.5 Å². The molecule has 3 N–H and O–H groups in total. The summed E-state index contributed by atoms with van der Waals surface area (Å²) < 4.78 is 6.09. The van der Waals surface area contributed by atoms with Crippen LogP contribution >= 0.6 is 0 Å². The van der Waals surface area contributed by atoms with E-state index in [2.05, 4.69) is 18.0 Å². The van der Waals surface area contributed by atoms with E-state index in [1.54, 1.807) is 30.3 Å². The van der Waals surface area contributed by atoms with E-state index < -0.39 is 6.10 Å². The molecule has 0 unspecified atom stereocenters. The highest BCUT2D eigenvalue weighted by Crippen LogP contribution is 2.62. The molecule has 2 aliphatic carbocycles. The number of rotatable bonds is 0. The van der Waals surface area contributed by atoms with Crippen LogP contribution in [-0.4, -0.2) is 52.1 Å². The summed E-state index contributed by atoms with van der Waals surface area (Å²) in [4.78, 5) is 2.43. The van der Waals surface area contributed by atoms with Crippen LogP contribution in [0.2, 0.25) is 0 Å². The van der Waals surface area contributed by atoms with Gasteiger partial charge in [0.2, 0.25) is 0 Å². The summed E-state index contributed by atoms with van der Waals surface area (Å²) in [5.41, 5.74) is 2.29. The number of phenolic OH excluding ortho intramolecular Hbond substituents is 2. The fourth-order valence-corrected chi connectivity index (χ4v) is 5.67. The fourth-order valence-electron chi connectivity index (χ4n) is 5.67. The minimum atomic E-state index is -0.594. The average Bonchev–Trinajstić information content (AvgIpc) is 3.05. The molecule has 5 atom stereocenters. The smallest absolute Gasteiger partial charge is 0.165 e. The molecule has 0 amide bonds. The zero-order chi connectivity index (χ0) is 19.5. The second-order valence-electron chi connectivity index (χ2n) is 8.27. The Labute approximate surface area is 164 Å². The first kappa shape index (κ1) is 17.6. The van der Waals surface area contributed by atoms with Gasteiger partial charge < -0.3 is 25.0 Å². The number of aromatic hydroxyl groups is 2. The number of likely N-dealkylation sites (tertiary alicyclic amines) is 1. The number of phenols is 2. The van der Waals surface area contributed by atoms with Crippen molar-refractivity contribution < 1.29 is 20.1 Å². The first-order valence-corrected chi connectivity index (χ1v) is 9.85. The number of piperidine rings is 1. The van der Waals surface area contributed by atoms with Crippen molar-refractivity contribution in [3.63, 3.8) is 0 Å². The van der Waals surface area contributed by atoms with Crippen molar-refractivity contribution in [2.24, 2.45) is 5.92 Å². The molecule has 0 radical (unpaired) electrons. The quantitative estimate of drug-likeness (QED) is 0.614. The number of aliphatic hydroxyl groups is 1. The molecule has 1 spiro atoms. The van der Waals surface area contributed by atoms with Gasteiger partial charge in [0, 0.05) is 22.9 Å². The zero-order valence-corrected chi connectivity index (χ0v) is 15.8. The number of nitrogens with zero attached hydrogens (tertiary/aromatic N) is 1. The largest absolute Gasteiger partial charge is 0.508 e. The fraction of sp³-hybridized carbons (Fsp3) is 0.391. The molecule has 28 heavy (non-hydrogen) atoms. The summed E-state index contributed by atoms with van der Waals surface area (Å²) in [6.07, 6.45) is 5.18. The predicted molar refractivity (Wildman–Crippen MR) is 106 cm³/mol. The Morgan fingerprint density at radius 2 is 1.86 bits per heavy atom. The van der Waals surface area contributed by atoms with Gasteiger partial charge in [0.15, 0.2) is 11.5 Å². The van der Waals surface area contributed by atoms with E-state index in [-0.39, 0.29) is 17.3 Å². The molecule has 5 nitrogen and oxygen atoms in total. The third-order valence-electron chi connectivity index (χ3n) is 6.91. The average molecular weight is 379 g/mol. The van der Waals surface area contributed by atoms with Crippen LogP contribution in [0, 0.1) is 5.92 Å². The van der Waals surface area contributed by atoms with Gasteiger partial charge in [-0.1, -0.05) is 36.4 Å². The van der Waals surface area contributed by atoms with E-state index in [1.807, 2.05) is 18.2 Å². The monoisotopic (exact) mass is 379 g/mol. The summed E-state index contributed by atoms with van der Waals surface area (Å²) in [5, 5.41) is 29.3. The van der Waals surface area contributed by atoms with Crippen molar-refractivity contribution >= 4 is 0 Å². The summed E-state index contributed by atoms with van der Waals surface area (Å²) in [6.45, 7) is 1.01. The van der Waals surface area contributed by atoms with Crippen LogP contribution in [0.3, 0.4) is 0 Å². The SMILES string of the molecule is CN1CC[C@]23c4c5ccc(O)c4O[C@H]2[C@@H](O)C=C[C@H]3[C@H]1C5.Oc1ccccc1. The first-order chi connectivity index (χ1) is 13.5. The Bertz CT molecular complexity index is 928. The van der Waals surface area contributed by atoms with Crippen LogP contribution in [-0.2, 0) is 11.8 Å². The van der Waals surface area contributed by atoms with Crippen molar-refractivity contribution in [2.75, 3.05) is 13.6 Å². The van der Waals surface area contributed by atoms with Crippen LogP contribution in [0.4, 0.5) is 0 Å². The number of ether oxygens (including phenoxy) is 1. The summed E-state index contributed by atoms with van der Waals surface area (Å²) >= 11 is 0. The van der Waals surface area contributed by atoms with E-state index in [0.29, 0.717) is 23.5 Å². The number of benzene rings is 2. The van der Waals surface area contributed by atoms with Gasteiger partial charge in [0.25, 0.3) is 0 Å². The van der Waals surface area contributed by atoms with Crippen LogP contribution in [0.25, 0.3) is 0 Å². The van der Waals surface area contributed by atoms with E-state index in [9.17, 15) is 10.2 Å². The van der Waals surface area contributed by atoms with Gasteiger partial charge in [-0.3, -0.25) is 0 Å². The molecule has 2 aromatic carbocycles. The maximum Gasteiger partial charge on any atom is 0.165 e. The molecule has 2 heterocycles. The minimum Gasteiger partial charge on any atom is -0.508 e. The van der Waals surface area contributed by atoms with E-state index in [4.69, 9.17) is 9.84 Å². The highest BCUT2D eigenvalue weighted by Gasteiger charge is 2.64. The number of para-hydroxylation sites is 1.